The molecule has 4 N–H and O–H groups in total. The first-order valence-electron chi connectivity index (χ1n) is 12.6. The molecule has 14 heteroatoms. The molecule has 42 heavy (non-hydrogen) atoms. The lowest BCUT2D eigenvalue weighted by atomic mass is 10.0. The predicted molar refractivity (Wildman–Crippen MR) is 157 cm³/mol. The molecular formula is C28H27ClN8O5. The van der Waals surface area contributed by atoms with Crippen LogP contribution in [0.25, 0.3) is 0 Å². The van der Waals surface area contributed by atoms with Crippen molar-refractivity contribution in [3.05, 3.63) is 83.4 Å². The summed E-state index contributed by atoms with van der Waals surface area (Å²) in [5.41, 5.74) is 9.42. The lowest BCUT2D eigenvalue weighted by Crippen LogP contribution is -2.60. The molecule has 4 amide bonds. The molecule has 1 aliphatic heterocycles. The van der Waals surface area contributed by atoms with E-state index in [9.17, 15) is 19.2 Å². The van der Waals surface area contributed by atoms with Gasteiger partial charge in [-0.25, -0.2) is 9.80 Å². The molecule has 1 aliphatic rings. The van der Waals surface area contributed by atoms with E-state index in [4.69, 9.17) is 22.5 Å². The van der Waals surface area contributed by atoms with Crippen molar-refractivity contribution in [2.24, 2.45) is 5.22 Å². The topological polar surface area (TPSA) is 171 Å². The number of nitrogens with one attached hydrogen (secondary N) is 4. The number of rotatable bonds is 10. The lowest BCUT2D eigenvalue weighted by Gasteiger charge is -2.38. The Morgan fingerprint density at radius 1 is 1.02 bits per heavy atom. The van der Waals surface area contributed by atoms with Crippen molar-refractivity contribution in [2.75, 3.05) is 40.7 Å². The van der Waals surface area contributed by atoms with Crippen molar-refractivity contribution in [1.29, 1.82) is 10.9 Å². The van der Waals surface area contributed by atoms with Crippen LogP contribution in [-0.2, 0) is 25.5 Å². The highest BCUT2D eigenvalue weighted by atomic mass is 35.5. The number of hydrogen-bond acceptors (Lipinski definition) is 8. The number of amides is 4. The van der Waals surface area contributed by atoms with E-state index >= 15 is 0 Å². The Balaban J connectivity index is 1.59. The van der Waals surface area contributed by atoms with Crippen LogP contribution in [0.4, 0.5) is 27.5 Å². The summed E-state index contributed by atoms with van der Waals surface area (Å²) in [6.07, 6.45) is 0.303. The highest BCUT2D eigenvalue weighted by Gasteiger charge is 2.39. The van der Waals surface area contributed by atoms with Gasteiger partial charge in [-0.05, 0) is 48.0 Å². The van der Waals surface area contributed by atoms with Crippen molar-refractivity contribution >= 4 is 64.5 Å². The Kier molecular flexibility index (Phi) is 9.45. The molecule has 0 radical (unpaired) electrons. The Labute approximate surface area is 246 Å². The molecule has 216 valence electrons. The Morgan fingerprint density at radius 2 is 1.69 bits per heavy atom. The smallest absolute Gasteiger partial charge is 0.411 e. The fourth-order valence-corrected chi connectivity index (χ4v) is 4.58. The monoisotopic (exact) mass is 590 g/mol. The summed E-state index contributed by atoms with van der Waals surface area (Å²) in [6, 6.07) is 18.9. The van der Waals surface area contributed by atoms with Crippen LogP contribution in [0.2, 0.25) is 5.02 Å². The van der Waals surface area contributed by atoms with Gasteiger partial charge in [-0.2, -0.15) is 5.53 Å². The van der Waals surface area contributed by atoms with Crippen LogP contribution in [0.1, 0.15) is 5.56 Å². The second kappa shape index (κ2) is 13.4. The van der Waals surface area contributed by atoms with Gasteiger partial charge in [-0.1, -0.05) is 47.2 Å². The summed E-state index contributed by atoms with van der Waals surface area (Å²) in [5.74, 6) is -1.48. The molecule has 1 atom stereocenters. The number of carbonyl (C=O) groups excluding carboxylic acids is 4. The summed E-state index contributed by atoms with van der Waals surface area (Å²) < 4.78 is 4.57. The van der Waals surface area contributed by atoms with Gasteiger partial charge >= 0.3 is 6.09 Å². The second-order valence-electron chi connectivity index (χ2n) is 9.10. The number of ether oxygens (including phenoxy) is 1. The van der Waals surface area contributed by atoms with E-state index in [2.05, 4.69) is 20.6 Å². The van der Waals surface area contributed by atoms with Crippen molar-refractivity contribution < 1.29 is 23.9 Å². The van der Waals surface area contributed by atoms with Crippen molar-refractivity contribution in [3.8, 4) is 0 Å². The summed E-state index contributed by atoms with van der Waals surface area (Å²) in [5, 5.41) is 17.3. The standard InChI is InChI=1S/C28H27ClN8O5/c1-42-28(41)33-21-10-8-20(9-11-21)32-27(40)24(13-18-5-3-2-4-6-18)36-16-25(38)35(15-26(36)39)23-14-19(29)7-12-22(23)37(17-30)34-31/h2-12,14,17,24,30-31H,13,15-16H2,1H3,(H,32,40)(H,33,41). The maximum absolute atomic E-state index is 13.6. The van der Waals surface area contributed by atoms with Gasteiger partial charge in [0.25, 0.3) is 0 Å². The lowest BCUT2D eigenvalue weighted by molar-refractivity contribution is -0.143. The molecule has 0 saturated carbocycles. The molecule has 1 heterocycles. The molecule has 0 aliphatic carbocycles. The van der Waals surface area contributed by atoms with Gasteiger partial charge in [0.2, 0.25) is 17.7 Å². The Bertz CT molecular complexity index is 1490. The maximum Gasteiger partial charge on any atom is 0.411 e. The molecule has 1 fully saturated rings. The van der Waals surface area contributed by atoms with Crippen LogP contribution in [0.3, 0.4) is 0 Å². The van der Waals surface area contributed by atoms with Gasteiger partial charge in [0.05, 0.1) is 18.5 Å². The average molecular weight is 591 g/mol. The van der Waals surface area contributed by atoms with Crippen LogP contribution >= 0.6 is 11.6 Å². The minimum atomic E-state index is -1.03. The predicted octanol–water partition coefficient (Wildman–Crippen LogP) is 4.30. The van der Waals surface area contributed by atoms with Gasteiger partial charge in [0.15, 0.2) is 0 Å². The number of halogens is 1. The second-order valence-corrected chi connectivity index (χ2v) is 9.53. The molecule has 4 rings (SSSR count). The minimum absolute atomic E-state index is 0.148. The van der Waals surface area contributed by atoms with E-state index in [0.29, 0.717) is 11.4 Å². The number of hydrogen-bond donors (Lipinski definition) is 4. The number of piperazine rings is 1. The molecular weight excluding hydrogens is 564 g/mol. The molecule has 3 aromatic carbocycles. The van der Waals surface area contributed by atoms with E-state index in [1.165, 1.54) is 35.1 Å². The summed E-state index contributed by atoms with van der Waals surface area (Å²) in [7, 11) is 1.24. The van der Waals surface area contributed by atoms with Gasteiger partial charge in [0.1, 0.15) is 25.5 Å². The first kappa shape index (κ1) is 29.7. The minimum Gasteiger partial charge on any atom is -0.453 e. The normalized spacial score (nSPS) is 13.7. The summed E-state index contributed by atoms with van der Waals surface area (Å²) in [6.45, 7) is -0.803. The number of benzene rings is 3. The molecule has 0 spiro atoms. The first-order valence-corrected chi connectivity index (χ1v) is 13.0. The Hall–Kier alpha value is -5.30. The van der Waals surface area contributed by atoms with Crippen molar-refractivity contribution in [2.45, 2.75) is 12.5 Å². The molecule has 1 saturated heterocycles. The van der Waals surface area contributed by atoms with Crippen LogP contribution < -0.4 is 20.5 Å². The van der Waals surface area contributed by atoms with Crippen LogP contribution in [0, 0.1) is 10.9 Å². The number of carbonyl (C=O) groups is 4. The molecule has 0 bridgehead atoms. The third kappa shape index (κ3) is 6.88. The summed E-state index contributed by atoms with van der Waals surface area (Å²) in [4.78, 5) is 54.5. The Morgan fingerprint density at radius 3 is 2.31 bits per heavy atom. The third-order valence-electron chi connectivity index (χ3n) is 6.46. The molecule has 3 aromatic rings. The fourth-order valence-electron chi connectivity index (χ4n) is 4.41. The average Bonchev–Trinajstić information content (AvgIpc) is 2.99. The summed E-state index contributed by atoms with van der Waals surface area (Å²) >= 11 is 6.17. The SMILES string of the molecule is COC(=O)Nc1ccc(NC(=O)C(Cc2ccccc2)N2CC(=O)N(c3cc(Cl)ccc3N(C=N)N=N)CC2=O)cc1. The van der Waals surface area contributed by atoms with E-state index in [1.54, 1.807) is 24.3 Å². The van der Waals surface area contributed by atoms with Gasteiger partial charge in [0, 0.05) is 22.8 Å². The fraction of sp³-hybridized carbons (Fsp3) is 0.179. The maximum atomic E-state index is 13.6. The zero-order valence-electron chi connectivity index (χ0n) is 22.4. The van der Waals surface area contributed by atoms with E-state index in [-0.39, 0.29) is 22.8 Å². The zero-order chi connectivity index (χ0) is 30.2. The highest BCUT2D eigenvalue weighted by molar-refractivity contribution is 6.31. The van der Waals surface area contributed by atoms with Crippen LogP contribution in [0.15, 0.2) is 78.0 Å². The van der Waals surface area contributed by atoms with Gasteiger partial charge in [-0.3, -0.25) is 30.0 Å². The van der Waals surface area contributed by atoms with Crippen molar-refractivity contribution in [1.82, 2.24) is 4.90 Å². The number of methoxy groups -OCH3 is 1. The zero-order valence-corrected chi connectivity index (χ0v) is 23.2. The van der Waals surface area contributed by atoms with E-state index in [1.807, 2.05) is 30.3 Å². The number of nitrogens with zero attached hydrogens (tertiary/aromatic N) is 4. The molecule has 1 unspecified atom stereocenters. The molecule has 0 aromatic heterocycles. The van der Waals surface area contributed by atoms with Crippen molar-refractivity contribution in [3.63, 3.8) is 0 Å². The van der Waals surface area contributed by atoms with Gasteiger partial charge in [-0.15, -0.1) is 0 Å². The van der Waals surface area contributed by atoms with Crippen LogP contribution in [0.5, 0.6) is 0 Å². The van der Waals surface area contributed by atoms with Crippen LogP contribution in [-0.4, -0.2) is 61.3 Å². The first-order chi connectivity index (χ1) is 20.2. The largest absolute Gasteiger partial charge is 0.453 e. The quantitative estimate of drug-likeness (QED) is 0.119. The molecule has 13 nitrogen and oxygen atoms in total. The van der Waals surface area contributed by atoms with E-state index in [0.717, 1.165) is 16.9 Å². The number of anilines is 4. The van der Waals surface area contributed by atoms with Gasteiger partial charge < -0.3 is 15.0 Å². The van der Waals surface area contributed by atoms with E-state index < -0.39 is 42.9 Å². The third-order valence-corrected chi connectivity index (χ3v) is 6.70. The highest BCUT2D eigenvalue weighted by Crippen LogP contribution is 2.34.